The summed E-state index contributed by atoms with van der Waals surface area (Å²) in [4.78, 5) is 25.1. The van der Waals surface area contributed by atoms with Gasteiger partial charge in [0.05, 0.1) is 17.7 Å². The standard InChI is InChI=1S/C25H26N4O4S/c1-18(21-13-10-14-22(17-21)26-25(31)20-11-6-4-7-12-20)27-28-24(30)19(2)29(34(3,32)33)23-15-8-5-9-16-23/h4-17,19H,1-3H3,(H,26,31)(H,28,30)/b27-18-/t19-/m0/s1. The molecule has 176 valence electrons. The lowest BCUT2D eigenvalue weighted by Crippen LogP contribution is -2.46. The van der Waals surface area contributed by atoms with E-state index >= 15 is 0 Å². The molecular weight excluding hydrogens is 452 g/mol. The van der Waals surface area contributed by atoms with Crippen LogP contribution in [0.15, 0.2) is 90.0 Å². The molecule has 9 heteroatoms. The van der Waals surface area contributed by atoms with Crippen LogP contribution in [0.25, 0.3) is 0 Å². The van der Waals surface area contributed by atoms with Gasteiger partial charge in [0, 0.05) is 11.3 Å². The molecule has 0 aliphatic rings. The molecule has 0 aromatic heterocycles. The fourth-order valence-corrected chi connectivity index (χ4v) is 4.47. The Morgan fingerprint density at radius 1 is 0.882 bits per heavy atom. The van der Waals surface area contributed by atoms with Crippen molar-refractivity contribution in [2.75, 3.05) is 15.9 Å². The molecule has 2 N–H and O–H groups in total. The van der Waals surface area contributed by atoms with Crippen LogP contribution < -0.4 is 15.0 Å². The summed E-state index contributed by atoms with van der Waals surface area (Å²) in [5.74, 6) is -0.821. The minimum Gasteiger partial charge on any atom is -0.322 e. The maximum atomic E-state index is 12.7. The van der Waals surface area contributed by atoms with E-state index in [1.165, 1.54) is 6.92 Å². The SMILES string of the molecule is C/C(=N/NC(=O)[C@H](C)N(c1ccccc1)S(C)(=O)=O)c1cccc(NC(=O)c2ccccc2)c1. The van der Waals surface area contributed by atoms with Gasteiger partial charge in [0.1, 0.15) is 6.04 Å². The quantitative estimate of drug-likeness (QED) is 0.381. The third-order valence-corrected chi connectivity index (χ3v) is 6.25. The summed E-state index contributed by atoms with van der Waals surface area (Å²) in [5.41, 5.74) is 5.11. The summed E-state index contributed by atoms with van der Waals surface area (Å²) in [6.45, 7) is 3.20. The summed E-state index contributed by atoms with van der Waals surface area (Å²) in [6, 6.07) is 23.3. The Morgan fingerprint density at radius 2 is 1.47 bits per heavy atom. The van der Waals surface area contributed by atoms with Crippen LogP contribution in [0.5, 0.6) is 0 Å². The van der Waals surface area contributed by atoms with Crippen molar-refractivity contribution >= 4 is 38.9 Å². The second kappa shape index (κ2) is 10.8. The molecular formula is C25H26N4O4S. The second-order valence-electron chi connectivity index (χ2n) is 7.64. The highest BCUT2D eigenvalue weighted by atomic mass is 32.2. The number of rotatable bonds is 8. The number of hydrazone groups is 1. The zero-order chi connectivity index (χ0) is 24.7. The van der Waals surface area contributed by atoms with Gasteiger partial charge in [-0.2, -0.15) is 5.10 Å². The maximum absolute atomic E-state index is 12.7. The largest absolute Gasteiger partial charge is 0.322 e. The third-order valence-electron chi connectivity index (χ3n) is 5.01. The van der Waals surface area contributed by atoms with Gasteiger partial charge in [-0.05, 0) is 55.8 Å². The number of sulfonamides is 1. The fraction of sp³-hybridized carbons (Fsp3) is 0.160. The number of para-hydroxylation sites is 1. The molecule has 3 rings (SSSR count). The van der Waals surface area contributed by atoms with Gasteiger partial charge in [-0.1, -0.05) is 48.5 Å². The number of nitrogens with one attached hydrogen (secondary N) is 2. The predicted octanol–water partition coefficient (Wildman–Crippen LogP) is 3.63. The molecule has 0 saturated heterocycles. The smallest absolute Gasteiger partial charge is 0.263 e. The van der Waals surface area contributed by atoms with Crippen molar-refractivity contribution in [3.8, 4) is 0 Å². The summed E-state index contributed by atoms with van der Waals surface area (Å²) in [7, 11) is -3.71. The highest BCUT2D eigenvalue weighted by molar-refractivity contribution is 7.92. The Bertz CT molecular complexity index is 1290. The molecule has 0 spiro atoms. The summed E-state index contributed by atoms with van der Waals surface area (Å²) < 4.78 is 25.7. The van der Waals surface area contributed by atoms with Crippen LogP contribution in [0.2, 0.25) is 0 Å². The number of amides is 2. The Morgan fingerprint density at radius 3 is 2.09 bits per heavy atom. The molecule has 0 saturated carbocycles. The van der Waals surface area contributed by atoms with Crippen molar-refractivity contribution < 1.29 is 18.0 Å². The first kappa shape index (κ1) is 24.7. The fourth-order valence-electron chi connectivity index (χ4n) is 3.30. The van der Waals surface area contributed by atoms with Crippen molar-refractivity contribution in [1.29, 1.82) is 0 Å². The van der Waals surface area contributed by atoms with Crippen LogP contribution >= 0.6 is 0 Å². The zero-order valence-electron chi connectivity index (χ0n) is 19.1. The molecule has 8 nitrogen and oxygen atoms in total. The van der Waals surface area contributed by atoms with E-state index in [-0.39, 0.29) is 5.91 Å². The van der Waals surface area contributed by atoms with E-state index in [1.807, 2.05) is 6.07 Å². The van der Waals surface area contributed by atoms with Gasteiger partial charge >= 0.3 is 0 Å². The predicted molar refractivity (Wildman–Crippen MR) is 134 cm³/mol. The lowest BCUT2D eigenvalue weighted by Gasteiger charge is -2.27. The average Bonchev–Trinajstić information content (AvgIpc) is 2.83. The number of hydrogen-bond donors (Lipinski definition) is 2. The van der Waals surface area contributed by atoms with Gasteiger partial charge in [0.15, 0.2) is 0 Å². The van der Waals surface area contributed by atoms with E-state index in [0.29, 0.717) is 28.2 Å². The Labute approximate surface area is 199 Å². The first-order valence-corrected chi connectivity index (χ1v) is 12.4. The van der Waals surface area contributed by atoms with Crippen LogP contribution in [0.1, 0.15) is 29.8 Å². The molecule has 3 aromatic carbocycles. The number of carbonyl (C=O) groups excluding carboxylic acids is 2. The number of hydrogen-bond acceptors (Lipinski definition) is 5. The molecule has 0 aliphatic heterocycles. The third kappa shape index (κ3) is 6.29. The van der Waals surface area contributed by atoms with Gasteiger partial charge < -0.3 is 5.32 Å². The van der Waals surface area contributed by atoms with Crippen LogP contribution in [0, 0.1) is 0 Å². The Balaban J connectivity index is 1.72. The normalized spacial score (nSPS) is 12.5. The van der Waals surface area contributed by atoms with Crippen molar-refractivity contribution in [2.45, 2.75) is 19.9 Å². The number of benzene rings is 3. The molecule has 34 heavy (non-hydrogen) atoms. The molecule has 0 heterocycles. The maximum Gasteiger partial charge on any atom is 0.263 e. The monoisotopic (exact) mass is 478 g/mol. The van der Waals surface area contributed by atoms with Crippen molar-refractivity contribution in [2.24, 2.45) is 5.10 Å². The van der Waals surface area contributed by atoms with Gasteiger partial charge in [-0.25, -0.2) is 13.8 Å². The molecule has 2 amide bonds. The highest BCUT2D eigenvalue weighted by Crippen LogP contribution is 2.20. The Kier molecular flexibility index (Phi) is 7.80. The van der Waals surface area contributed by atoms with Crippen LogP contribution in [0.4, 0.5) is 11.4 Å². The van der Waals surface area contributed by atoms with E-state index in [0.717, 1.165) is 10.6 Å². The van der Waals surface area contributed by atoms with Crippen LogP contribution in [-0.4, -0.2) is 38.2 Å². The van der Waals surface area contributed by atoms with Gasteiger partial charge in [-0.15, -0.1) is 0 Å². The summed E-state index contributed by atoms with van der Waals surface area (Å²) in [5, 5.41) is 6.97. The lowest BCUT2D eigenvalue weighted by atomic mass is 10.1. The number of nitrogens with zero attached hydrogens (tertiary/aromatic N) is 2. The van der Waals surface area contributed by atoms with E-state index < -0.39 is 22.0 Å². The minimum atomic E-state index is -3.71. The van der Waals surface area contributed by atoms with Gasteiger partial charge in [0.25, 0.3) is 11.8 Å². The Hall–Kier alpha value is -3.98. The first-order chi connectivity index (χ1) is 16.2. The summed E-state index contributed by atoms with van der Waals surface area (Å²) in [6.07, 6.45) is 1.05. The molecule has 0 aliphatic carbocycles. The molecule has 3 aromatic rings. The second-order valence-corrected chi connectivity index (χ2v) is 9.50. The lowest BCUT2D eigenvalue weighted by molar-refractivity contribution is -0.121. The summed E-state index contributed by atoms with van der Waals surface area (Å²) >= 11 is 0. The molecule has 0 radical (unpaired) electrons. The molecule has 0 fully saturated rings. The van der Waals surface area contributed by atoms with Gasteiger partial charge in [0.2, 0.25) is 10.0 Å². The van der Waals surface area contributed by atoms with Crippen LogP contribution in [0.3, 0.4) is 0 Å². The average molecular weight is 479 g/mol. The first-order valence-electron chi connectivity index (χ1n) is 10.5. The van der Waals surface area contributed by atoms with Crippen LogP contribution in [-0.2, 0) is 14.8 Å². The van der Waals surface area contributed by atoms with E-state index in [1.54, 1.807) is 85.8 Å². The topological polar surface area (TPSA) is 108 Å². The number of anilines is 2. The molecule has 0 bridgehead atoms. The van der Waals surface area contributed by atoms with E-state index in [2.05, 4.69) is 15.8 Å². The number of carbonyl (C=O) groups is 2. The zero-order valence-corrected chi connectivity index (χ0v) is 19.9. The van der Waals surface area contributed by atoms with Crippen molar-refractivity contribution in [3.63, 3.8) is 0 Å². The highest BCUT2D eigenvalue weighted by Gasteiger charge is 2.28. The minimum absolute atomic E-state index is 0.240. The van der Waals surface area contributed by atoms with E-state index in [9.17, 15) is 18.0 Å². The van der Waals surface area contributed by atoms with Crippen molar-refractivity contribution in [3.05, 3.63) is 96.1 Å². The van der Waals surface area contributed by atoms with E-state index in [4.69, 9.17) is 0 Å². The molecule has 1 atom stereocenters. The van der Waals surface area contributed by atoms with Crippen molar-refractivity contribution in [1.82, 2.24) is 5.43 Å². The van der Waals surface area contributed by atoms with Gasteiger partial charge in [-0.3, -0.25) is 13.9 Å². The molecule has 0 unspecified atom stereocenters.